The first-order valence-corrected chi connectivity index (χ1v) is 10.5. The van der Waals surface area contributed by atoms with Crippen LogP contribution in [-0.2, 0) is 4.79 Å². The van der Waals surface area contributed by atoms with E-state index in [2.05, 4.69) is 10.3 Å². The third-order valence-corrected chi connectivity index (χ3v) is 5.96. The van der Waals surface area contributed by atoms with Gasteiger partial charge >= 0.3 is 0 Å². The largest absolute Gasteiger partial charge is 0.497 e. The van der Waals surface area contributed by atoms with Gasteiger partial charge in [0, 0.05) is 16.6 Å². The van der Waals surface area contributed by atoms with E-state index in [1.807, 2.05) is 29.6 Å². The second kappa shape index (κ2) is 8.61. The van der Waals surface area contributed by atoms with Gasteiger partial charge in [-0.05, 0) is 48.9 Å². The molecule has 7 nitrogen and oxygen atoms in total. The van der Waals surface area contributed by atoms with Crippen LogP contribution in [0, 0.1) is 0 Å². The molecule has 0 aliphatic rings. The zero-order valence-electron chi connectivity index (χ0n) is 17.3. The van der Waals surface area contributed by atoms with E-state index in [1.54, 1.807) is 45.4 Å². The molecule has 0 fully saturated rings. The number of carbonyl (C=O) groups excluding carboxylic acids is 1. The smallest absolute Gasteiger partial charge is 0.263 e. The molecule has 1 unspecified atom stereocenters. The Morgan fingerprint density at radius 1 is 1.03 bits per heavy atom. The summed E-state index contributed by atoms with van der Waals surface area (Å²) in [5.74, 6) is 1.12. The summed E-state index contributed by atoms with van der Waals surface area (Å²) in [6, 6.07) is 13.8. The normalized spacial score (nSPS) is 11.8. The Morgan fingerprint density at radius 3 is 2.26 bits per heavy atom. The van der Waals surface area contributed by atoms with Gasteiger partial charge in [0.15, 0.2) is 0 Å². The molecule has 0 saturated heterocycles. The summed E-state index contributed by atoms with van der Waals surface area (Å²) >= 11 is 1.40. The number of rotatable bonds is 6. The SMILES string of the molecule is COc1ccc(NC(=O)C(C)n2cnc3scc(-c4ccc(OC)cc4)c3c2=O)cc1. The van der Waals surface area contributed by atoms with Crippen LogP contribution in [-0.4, -0.2) is 29.7 Å². The molecule has 1 amide bonds. The van der Waals surface area contributed by atoms with Crippen molar-refractivity contribution in [3.05, 3.63) is 70.6 Å². The molecule has 1 N–H and O–H groups in total. The molecule has 31 heavy (non-hydrogen) atoms. The highest BCUT2D eigenvalue weighted by molar-refractivity contribution is 7.17. The number of benzene rings is 2. The number of nitrogens with zero attached hydrogens (tertiary/aromatic N) is 2. The number of methoxy groups -OCH3 is 2. The van der Waals surface area contributed by atoms with E-state index in [-0.39, 0.29) is 11.5 Å². The fourth-order valence-corrected chi connectivity index (χ4v) is 4.16. The number of hydrogen-bond donors (Lipinski definition) is 1. The van der Waals surface area contributed by atoms with Crippen LogP contribution < -0.4 is 20.3 Å². The molecule has 2 heterocycles. The van der Waals surface area contributed by atoms with E-state index in [0.29, 0.717) is 21.7 Å². The zero-order chi connectivity index (χ0) is 22.0. The van der Waals surface area contributed by atoms with Crippen molar-refractivity contribution in [3.8, 4) is 22.6 Å². The summed E-state index contributed by atoms with van der Waals surface area (Å²) in [7, 11) is 3.19. The van der Waals surface area contributed by atoms with Crippen molar-refractivity contribution in [2.75, 3.05) is 19.5 Å². The summed E-state index contributed by atoms with van der Waals surface area (Å²) in [6.45, 7) is 1.67. The summed E-state index contributed by atoms with van der Waals surface area (Å²) in [5.41, 5.74) is 2.04. The average Bonchev–Trinajstić information content (AvgIpc) is 3.24. The molecule has 8 heteroatoms. The van der Waals surface area contributed by atoms with E-state index in [1.165, 1.54) is 22.2 Å². The van der Waals surface area contributed by atoms with Crippen molar-refractivity contribution in [2.24, 2.45) is 0 Å². The summed E-state index contributed by atoms with van der Waals surface area (Å²) in [4.78, 5) is 31.1. The van der Waals surface area contributed by atoms with E-state index >= 15 is 0 Å². The van der Waals surface area contributed by atoms with Gasteiger partial charge in [-0.1, -0.05) is 12.1 Å². The third-order valence-electron chi connectivity index (χ3n) is 5.07. The third kappa shape index (κ3) is 4.02. The highest BCUT2D eigenvalue weighted by Gasteiger charge is 2.20. The minimum absolute atomic E-state index is 0.255. The van der Waals surface area contributed by atoms with E-state index in [4.69, 9.17) is 9.47 Å². The fraction of sp³-hybridized carbons (Fsp3) is 0.174. The average molecular weight is 436 g/mol. The quantitative estimate of drug-likeness (QED) is 0.487. The lowest BCUT2D eigenvalue weighted by Crippen LogP contribution is -2.31. The van der Waals surface area contributed by atoms with Crippen molar-refractivity contribution < 1.29 is 14.3 Å². The second-order valence-corrected chi connectivity index (χ2v) is 7.77. The number of fused-ring (bicyclic) bond motifs is 1. The first-order chi connectivity index (χ1) is 15.0. The van der Waals surface area contributed by atoms with Crippen LogP contribution in [0.4, 0.5) is 5.69 Å². The number of hydrogen-bond acceptors (Lipinski definition) is 6. The number of thiophene rings is 1. The molecule has 0 bridgehead atoms. The first-order valence-electron chi connectivity index (χ1n) is 9.59. The zero-order valence-corrected chi connectivity index (χ0v) is 18.1. The van der Waals surface area contributed by atoms with Crippen molar-refractivity contribution in [1.82, 2.24) is 9.55 Å². The molecule has 158 valence electrons. The molecule has 2 aromatic heterocycles. The van der Waals surface area contributed by atoms with Gasteiger partial charge < -0.3 is 14.8 Å². The van der Waals surface area contributed by atoms with E-state index in [9.17, 15) is 9.59 Å². The molecule has 4 aromatic rings. The highest BCUT2D eigenvalue weighted by atomic mass is 32.1. The lowest BCUT2D eigenvalue weighted by atomic mass is 10.1. The Labute approximate surface area is 182 Å². The van der Waals surface area contributed by atoms with E-state index < -0.39 is 6.04 Å². The summed E-state index contributed by atoms with van der Waals surface area (Å²) < 4.78 is 11.7. The number of ether oxygens (including phenoxy) is 2. The molecule has 2 aromatic carbocycles. The van der Waals surface area contributed by atoms with Gasteiger partial charge in [-0.2, -0.15) is 0 Å². The van der Waals surface area contributed by atoms with Crippen LogP contribution in [0.1, 0.15) is 13.0 Å². The first kappa shape index (κ1) is 20.6. The van der Waals surface area contributed by atoms with Gasteiger partial charge in [0.25, 0.3) is 5.56 Å². The van der Waals surface area contributed by atoms with Crippen LogP contribution in [0.5, 0.6) is 11.5 Å². The minimum Gasteiger partial charge on any atom is -0.497 e. The Balaban J connectivity index is 1.66. The number of carbonyl (C=O) groups is 1. The van der Waals surface area contributed by atoms with Crippen LogP contribution in [0.2, 0.25) is 0 Å². The molecule has 0 saturated carbocycles. The number of nitrogens with one attached hydrogen (secondary N) is 1. The van der Waals surface area contributed by atoms with Gasteiger partial charge in [-0.25, -0.2) is 4.98 Å². The molecule has 4 rings (SSSR count). The Kier molecular flexibility index (Phi) is 5.73. The van der Waals surface area contributed by atoms with Gasteiger partial charge in [-0.15, -0.1) is 11.3 Å². The molecular formula is C23H21N3O4S. The number of aromatic nitrogens is 2. The topological polar surface area (TPSA) is 82.4 Å². The van der Waals surface area contributed by atoms with E-state index in [0.717, 1.165) is 16.9 Å². The summed E-state index contributed by atoms with van der Waals surface area (Å²) in [6.07, 6.45) is 1.43. The van der Waals surface area contributed by atoms with Crippen LogP contribution in [0.15, 0.2) is 65.0 Å². The van der Waals surface area contributed by atoms with Crippen molar-refractivity contribution in [3.63, 3.8) is 0 Å². The maximum Gasteiger partial charge on any atom is 0.263 e. The highest BCUT2D eigenvalue weighted by Crippen LogP contribution is 2.32. The molecular weight excluding hydrogens is 414 g/mol. The monoisotopic (exact) mass is 435 g/mol. The molecule has 0 aliphatic heterocycles. The molecule has 0 aliphatic carbocycles. The number of amides is 1. The van der Waals surface area contributed by atoms with Gasteiger partial charge in [0.1, 0.15) is 22.4 Å². The lowest BCUT2D eigenvalue weighted by molar-refractivity contribution is -0.118. The van der Waals surface area contributed by atoms with Gasteiger partial charge in [0.05, 0.1) is 25.9 Å². The lowest BCUT2D eigenvalue weighted by Gasteiger charge is -2.15. The second-order valence-electron chi connectivity index (χ2n) is 6.91. The standard InChI is InChI=1S/C23H21N3O4S/c1-14(21(27)25-16-6-10-18(30-3)11-7-16)26-13-24-22-20(23(26)28)19(12-31-22)15-4-8-17(29-2)9-5-15/h4-14H,1-3H3,(H,25,27). The minimum atomic E-state index is -0.741. The van der Waals surface area contributed by atoms with Crippen molar-refractivity contribution in [2.45, 2.75) is 13.0 Å². The molecule has 0 radical (unpaired) electrons. The predicted molar refractivity (Wildman–Crippen MR) is 122 cm³/mol. The van der Waals surface area contributed by atoms with Crippen LogP contribution >= 0.6 is 11.3 Å². The summed E-state index contributed by atoms with van der Waals surface area (Å²) in [5, 5.41) is 5.24. The van der Waals surface area contributed by atoms with Crippen LogP contribution in [0.25, 0.3) is 21.3 Å². The van der Waals surface area contributed by atoms with Crippen molar-refractivity contribution in [1.29, 1.82) is 0 Å². The Morgan fingerprint density at radius 2 is 1.65 bits per heavy atom. The Hall–Kier alpha value is -3.65. The van der Waals surface area contributed by atoms with Crippen LogP contribution in [0.3, 0.4) is 0 Å². The van der Waals surface area contributed by atoms with Gasteiger partial charge in [0.2, 0.25) is 5.91 Å². The van der Waals surface area contributed by atoms with Crippen molar-refractivity contribution >= 4 is 33.1 Å². The molecule has 0 spiro atoms. The number of anilines is 1. The Bertz CT molecular complexity index is 1280. The maximum absolute atomic E-state index is 13.3. The predicted octanol–water partition coefficient (Wildman–Crippen LogP) is 4.34. The van der Waals surface area contributed by atoms with Gasteiger partial charge in [-0.3, -0.25) is 14.2 Å². The fourth-order valence-electron chi connectivity index (χ4n) is 3.25. The maximum atomic E-state index is 13.3. The molecule has 1 atom stereocenters.